The van der Waals surface area contributed by atoms with Crippen LogP contribution in [0.25, 0.3) is 6.08 Å². The van der Waals surface area contributed by atoms with E-state index < -0.39 is 17.8 Å². The van der Waals surface area contributed by atoms with E-state index in [1.807, 2.05) is 19.1 Å². The largest absolute Gasteiger partial charge is 0.423 e. The van der Waals surface area contributed by atoms with Crippen LogP contribution in [-0.2, 0) is 9.53 Å². The Morgan fingerprint density at radius 3 is 2.43 bits per heavy atom. The number of halogens is 1. The zero-order valence-electron chi connectivity index (χ0n) is 16.0. The van der Waals surface area contributed by atoms with E-state index in [0.29, 0.717) is 16.9 Å². The van der Waals surface area contributed by atoms with Crippen molar-refractivity contribution in [2.24, 2.45) is 4.99 Å². The van der Waals surface area contributed by atoms with E-state index in [1.54, 1.807) is 48.5 Å². The van der Waals surface area contributed by atoms with Crippen molar-refractivity contribution in [3.05, 3.63) is 107 Å². The van der Waals surface area contributed by atoms with Crippen LogP contribution < -0.4 is 4.74 Å². The van der Waals surface area contributed by atoms with Gasteiger partial charge in [-0.25, -0.2) is 19.0 Å². The number of benzene rings is 3. The molecule has 0 atom stereocenters. The number of esters is 2. The van der Waals surface area contributed by atoms with Crippen LogP contribution in [0.1, 0.15) is 27.0 Å². The number of carbonyl (C=O) groups excluding carboxylic acids is 2. The van der Waals surface area contributed by atoms with Gasteiger partial charge in [-0.1, -0.05) is 42.5 Å². The molecule has 0 unspecified atom stereocenters. The summed E-state index contributed by atoms with van der Waals surface area (Å²) in [5, 5.41) is 0. The quantitative estimate of drug-likeness (QED) is 0.361. The number of carbonyl (C=O) groups is 2. The van der Waals surface area contributed by atoms with E-state index in [2.05, 4.69) is 4.99 Å². The third kappa shape index (κ3) is 4.03. The molecule has 0 spiro atoms. The maximum atomic E-state index is 13.9. The molecule has 5 nitrogen and oxygen atoms in total. The highest BCUT2D eigenvalue weighted by Crippen LogP contribution is 2.22. The Kier molecular flexibility index (Phi) is 5.22. The van der Waals surface area contributed by atoms with Crippen LogP contribution in [0.15, 0.2) is 83.5 Å². The summed E-state index contributed by atoms with van der Waals surface area (Å²) in [4.78, 5) is 28.5. The maximum absolute atomic E-state index is 13.9. The number of aliphatic imine (C=N–C) groups is 1. The molecule has 3 aromatic carbocycles. The van der Waals surface area contributed by atoms with Gasteiger partial charge in [0.05, 0.1) is 11.1 Å². The molecule has 0 N–H and O–H groups in total. The molecule has 0 bridgehead atoms. The first-order valence-corrected chi connectivity index (χ1v) is 9.16. The lowest BCUT2D eigenvalue weighted by molar-refractivity contribution is -0.129. The van der Waals surface area contributed by atoms with Crippen molar-refractivity contribution in [3.63, 3.8) is 0 Å². The third-order valence-electron chi connectivity index (χ3n) is 4.48. The van der Waals surface area contributed by atoms with Gasteiger partial charge >= 0.3 is 11.9 Å². The molecule has 3 aromatic rings. The predicted octanol–water partition coefficient (Wildman–Crippen LogP) is 4.70. The van der Waals surface area contributed by atoms with Crippen molar-refractivity contribution < 1.29 is 23.5 Å². The van der Waals surface area contributed by atoms with Gasteiger partial charge in [-0.05, 0) is 54.5 Å². The number of aryl methyl sites for hydroxylation is 1. The molecule has 0 saturated carbocycles. The summed E-state index contributed by atoms with van der Waals surface area (Å²) >= 11 is 0. The number of rotatable bonds is 4. The van der Waals surface area contributed by atoms with Gasteiger partial charge in [0, 0.05) is 0 Å². The Hall–Kier alpha value is -4.06. The second-order valence-electron chi connectivity index (χ2n) is 6.59. The van der Waals surface area contributed by atoms with Gasteiger partial charge in [0.15, 0.2) is 5.70 Å². The molecule has 30 heavy (non-hydrogen) atoms. The predicted molar refractivity (Wildman–Crippen MR) is 110 cm³/mol. The summed E-state index contributed by atoms with van der Waals surface area (Å²) < 4.78 is 24.4. The second-order valence-corrected chi connectivity index (χ2v) is 6.59. The first-order chi connectivity index (χ1) is 14.5. The molecule has 148 valence electrons. The van der Waals surface area contributed by atoms with Crippen LogP contribution in [0.4, 0.5) is 4.39 Å². The third-order valence-corrected chi connectivity index (χ3v) is 4.48. The van der Waals surface area contributed by atoms with E-state index >= 15 is 0 Å². The van der Waals surface area contributed by atoms with Crippen molar-refractivity contribution >= 4 is 23.9 Å². The van der Waals surface area contributed by atoms with Gasteiger partial charge in [0.2, 0.25) is 5.90 Å². The van der Waals surface area contributed by atoms with Crippen LogP contribution >= 0.6 is 0 Å². The van der Waals surface area contributed by atoms with Gasteiger partial charge in [0.25, 0.3) is 0 Å². The summed E-state index contributed by atoms with van der Waals surface area (Å²) in [7, 11) is 0. The van der Waals surface area contributed by atoms with E-state index in [4.69, 9.17) is 9.47 Å². The van der Waals surface area contributed by atoms with Gasteiger partial charge in [0.1, 0.15) is 11.6 Å². The molecule has 0 fully saturated rings. The molecule has 4 rings (SSSR count). The highest BCUT2D eigenvalue weighted by molar-refractivity contribution is 6.12. The summed E-state index contributed by atoms with van der Waals surface area (Å²) in [6.07, 6.45) is 1.52. The zero-order valence-corrected chi connectivity index (χ0v) is 16.0. The van der Waals surface area contributed by atoms with Crippen LogP contribution in [0.5, 0.6) is 5.75 Å². The Morgan fingerprint density at radius 1 is 1.00 bits per heavy atom. The summed E-state index contributed by atoms with van der Waals surface area (Å²) in [5.74, 6) is -1.34. The van der Waals surface area contributed by atoms with Crippen molar-refractivity contribution in [2.75, 3.05) is 0 Å². The minimum atomic E-state index is -0.664. The smallest absolute Gasteiger partial charge is 0.363 e. The fourth-order valence-corrected chi connectivity index (χ4v) is 2.91. The van der Waals surface area contributed by atoms with E-state index in [-0.39, 0.29) is 17.2 Å². The lowest BCUT2D eigenvalue weighted by Gasteiger charge is -2.06. The maximum Gasteiger partial charge on any atom is 0.363 e. The van der Waals surface area contributed by atoms with Gasteiger partial charge in [-0.15, -0.1) is 0 Å². The molecule has 0 radical (unpaired) electrons. The van der Waals surface area contributed by atoms with E-state index in [1.165, 1.54) is 18.2 Å². The van der Waals surface area contributed by atoms with Crippen LogP contribution in [0.3, 0.4) is 0 Å². The highest BCUT2D eigenvalue weighted by atomic mass is 19.1. The minimum Gasteiger partial charge on any atom is -0.423 e. The molecular weight excluding hydrogens is 385 g/mol. The topological polar surface area (TPSA) is 65.0 Å². The lowest BCUT2D eigenvalue weighted by Crippen LogP contribution is -2.09. The fourth-order valence-electron chi connectivity index (χ4n) is 2.91. The fraction of sp³-hybridized carbons (Fsp3) is 0.0417. The van der Waals surface area contributed by atoms with Crippen LogP contribution in [0.2, 0.25) is 0 Å². The second kappa shape index (κ2) is 8.13. The van der Waals surface area contributed by atoms with E-state index in [0.717, 1.165) is 5.56 Å². The first-order valence-electron chi connectivity index (χ1n) is 9.16. The minimum absolute atomic E-state index is 0.0536. The number of nitrogens with zero attached hydrogens (tertiary/aromatic N) is 1. The molecular formula is C24H16FNO4. The average molecular weight is 401 g/mol. The van der Waals surface area contributed by atoms with Crippen LogP contribution in [0, 0.1) is 12.7 Å². The molecule has 1 aliphatic rings. The molecule has 0 amide bonds. The highest BCUT2D eigenvalue weighted by Gasteiger charge is 2.25. The normalized spacial score (nSPS) is 14.4. The molecule has 0 saturated heterocycles. The monoisotopic (exact) mass is 401 g/mol. The first kappa shape index (κ1) is 19.3. The van der Waals surface area contributed by atoms with Crippen molar-refractivity contribution in [3.8, 4) is 5.75 Å². The number of hydrogen-bond donors (Lipinski definition) is 0. The van der Waals surface area contributed by atoms with E-state index in [9.17, 15) is 14.0 Å². The molecule has 0 aliphatic carbocycles. The lowest BCUT2D eigenvalue weighted by atomic mass is 10.1. The SMILES string of the molecule is Cc1ccccc1C(=O)Oc1ccc(/C=C2\N=C(c3ccccc3F)OC2=O)cc1. The molecule has 1 heterocycles. The Balaban J connectivity index is 1.51. The summed E-state index contributed by atoms with van der Waals surface area (Å²) in [6, 6.07) is 19.7. The van der Waals surface area contributed by atoms with Gasteiger partial charge < -0.3 is 9.47 Å². The summed E-state index contributed by atoms with van der Waals surface area (Å²) in [6.45, 7) is 1.84. The number of ether oxygens (including phenoxy) is 2. The van der Waals surface area contributed by atoms with Gasteiger partial charge in [-0.3, -0.25) is 0 Å². The van der Waals surface area contributed by atoms with Crippen LogP contribution in [-0.4, -0.2) is 17.8 Å². The van der Waals surface area contributed by atoms with Crippen molar-refractivity contribution in [1.82, 2.24) is 0 Å². The molecule has 0 aromatic heterocycles. The standard InChI is InChI=1S/C24H16FNO4/c1-15-6-2-3-7-18(15)23(27)29-17-12-10-16(11-13-17)14-21-24(28)30-22(26-21)19-8-4-5-9-20(19)25/h2-14H,1H3/b21-14-. The average Bonchev–Trinajstić information content (AvgIpc) is 3.10. The Morgan fingerprint density at radius 2 is 1.70 bits per heavy atom. The Labute approximate surface area is 172 Å². The Bertz CT molecular complexity index is 1200. The molecule has 6 heteroatoms. The number of cyclic esters (lactones) is 1. The van der Waals surface area contributed by atoms with Gasteiger partial charge in [-0.2, -0.15) is 0 Å². The zero-order chi connectivity index (χ0) is 21.1. The van der Waals surface area contributed by atoms with Crippen molar-refractivity contribution in [2.45, 2.75) is 6.92 Å². The number of hydrogen-bond acceptors (Lipinski definition) is 5. The molecule has 1 aliphatic heterocycles. The van der Waals surface area contributed by atoms with Crippen molar-refractivity contribution in [1.29, 1.82) is 0 Å². The summed E-state index contributed by atoms with van der Waals surface area (Å²) in [5.41, 5.74) is 2.14.